The van der Waals surface area contributed by atoms with Crippen molar-refractivity contribution in [3.63, 3.8) is 0 Å². The molecule has 0 bridgehead atoms. The number of nitrogens with one attached hydrogen (secondary N) is 4. The second kappa shape index (κ2) is 20.2. The summed E-state index contributed by atoms with van der Waals surface area (Å²) >= 11 is 12.8. The predicted octanol–water partition coefficient (Wildman–Crippen LogP) is 2.89. The summed E-state index contributed by atoms with van der Waals surface area (Å²) < 4.78 is 4.55. The van der Waals surface area contributed by atoms with Crippen LogP contribution >= 0.6 is 136 Å². The Hall–Kier alpha value is 1.41. The van der Waals surface area contributed by atoms with Crippen LogP contribution in [0.3, 0.4) is 0 Å². The van der Waals surface area contributed by atoms with Crippen LogP contribution in [0.25, 0.3) is 0 Å². The molecule has 0 fully saturated rings. The Balaban J connectivity index is 2.36. The zero-order valence-corrected chi connectivity index (χ0v) is 36.2. The first-order valence-corrected chi connectivity index (χ1v) is 19.6. The SMILES string of the molecule is CC(=O)C(CO)c1c(I)c(NCC(O)CO)c(I)c(NCC(O)CNc2c(I)c(CO)c(I)c(NCC(O)CO)c2I)c1I. The van der Waals surface area contributed by atoms with E-state index in [-0.39, 0.29) is 51.8 Å². The van der Waals surface area contributed by atoms with E-state index in [1.165, 1.54) is 6.92 Å². The average molecular weight is 1290 g/mol. The van der Waals surface area contributed by atoms with Gasteiger partial charge in [-0.05, 0) is 148 Å². The second-order valence-corrected chi connectivity index (χ2v) is 16.1. The van der Waals surface area contributed by atoms with Gasteiger partial charge in [0.1, 0.15) is 5.78 Å². The Morgan fingerprint density at radius 3 is 1.20 bits per heavy atom. The topological polar surface area (TPSA) is 207 Å². The number of aliphatic hydroxyl groups is 7. The van der Waals surface area contributed by atoms with Gasteiger partial charge in [-0.3, -0.25) is 4.79 Å². The number of aliphatic hydroxyl groups excluding tert-OH is 7. The van der Waals surface area contributed by atoms with Gasteiger partial charge in [0.15, 0.2) is 0 Å². The van der Waals surface area contributed by atoms with E-state index < -0.39 is 30.8 Å². The molecule has 0 amide bonds. The highest BCUT2D eigenvalue weighted by molar-refractivity contribution is 14.1. The molecule has 0 saturated carbocycles. The quantitative estimate of drug-likeness (QED) is 0.0977. The van der Waals surface area contributed by atoms with Crippen LogP contribution in [0.5, 0.6) is 0 Å². The molecule has 0 aliphatic rings. The zero-order chi connectivity index (χ0) is 33.3. The summed E-state index contributed by atoms with van der Waals surface area (Å²) in [7, 11) is 0. The van der Waals surface area contributed by atoms with Gasteiger partial charge < -0.3 is 57.0 Å². The van der Waals surface area contributed by atoms with E-state index in [4.69, 9.17) is 0 Å². The van der Waals surface area contributed by atoms with Crippen LogP contribution < -0.4 is 21.3 Å². The van der Waals surface area contributed by atoms with Gasteiger partial charge in [-0.1, -0.05) is 0 Å². The molecule has 2 aromatic rings. The fourth-order valence-electron chi connectivity index (χ4n) is 3.97. The van der Waals surface area contributed by atoms with Crippen molar-refractivity contribution in [1.82, 2.24) is 0 Å². The molecule has 2 aromatic carbocycles. The Bertz CT molecular complexity index is 1310. The van der Waals surface area contributed by atoms with Gasteiger partial charge >= 0.3 is 0 Å². The summed E-state index contributed by atoms with van der Waals surface area (Å²) in [5.74, 6) is -0.974. The maximum absolute atomic E-state index is 12.4. The van der Waals surface area contributed by atoms with Gasteiger partial charge in [-0.2, -0.15) is 0 Å². The number of rotatable bonds is 18. The van der Waals surface area contributed by atoms with Gasteiger partial charge in [0.2, 0.25) is 0 Å². The molecule has 248 valence electrons. The summed E-state index contributed by atoms with van der Waals surface area (Å²) in [5.41, 5.74) is 4.00. The van der Waals surface area contributed by atoms with Gasteiger partial charge in [0, 0.05) is 46.0 Å². The maximum Gasteiger partial charge on any atom is 0.139 e. The van der Waals surface area contributed by atoms with Crippen molar-refractivity contribution in [1.29, 1.82) is 0 Å². The van der Waals surface area contributed by atoms with E-state index in [0.29, 0.717) is 41.0 Å². The van der Waals surface area contributed by atoms with Crippen LogP contribution in [-0.4, -0.2) is 106 Å². The van der Waals surface area contributed by atoms with Crippen LogP contribution in [0.2, 0.25) is 0 Å². The summed E-state index contributed by atoms with van der Waals surface area (Å²) in [4.78, 5) is 12.4. The average Bonchev–Trinajstić information content (AvgIpc) is 2.98. The summed E-state index contributed by atoms with van der Waals surface area (Å²) in [6, 6.07) is 0. The standard InChI is InChI=1S/C26H34I6N4O8/c1-10(41)14(8-39)16-19(29)25(22(32)26(20(16)30)36-5-13(44)7-38)34-3-11(42)2-33-23-17(27)15(9-40)18(28)24(21(23)31)35-4-12(43)6-37/h11-14,33-40,42-44H,2-9H2,1H3. The largest absolute Gasteiger partial charge is 0.395 e. The minimum Gasteiger partial charge on any atom is -0.395 e. The van der Waals surface area contributed by atoms with E-state index in [2.05, 4.69) is 157 Å². The lowest BCUT2D eigenvalue weighted by Gasteiger charge is -2.26. The summed E-state index contributed by atoms with van der Waals surface area (Å²) in [6.45, 7) is 0.466. The number of carbonyl (C=O) groups is 1. The molecule has 2 rings (SSSR count). The van der Waals surface area contributed by atoms with E-state index >= 15 is 0 Å². The number of hydrogen-bond acceptors (Lipinski definition) is 12. The third-order valence-electron chi connectivity index (χ3n) is 6.42. The van der Waals surface area contributed by atoms with Crippen molar-refractivity contribution in [3.8, 4) is 0 Å². The molecule has 0 aliphatic carbocycles. The molecule has 4 atom stereocenters. The van der Waals surface area contributed by atoms with E-state index in [1.54, 1.807) is 0 Å². The Morgan fingerprint density at radius 1 is 0.568 bits per heavy atom. The Kier molecular flexibility index (Phi) is 19.1. The van der Waals surface area contributed by atoms with E-state index in [9.17, 15) is 40.5 Å². The first-order chi connectivity index (χ1) is 20.7. The first-order valence-electron chi connectivity index (χ1n) is 13.1. The lowest BCUT2D eigenvalue weighted by Crippen LogP contribution is -2.30. The van der Waals surface area contributed by atoms with Crippen LogP contribution in [-0.2, 0) is 11.4 Å². The molecule has 0 saturated heterocycles. The lowest BCUT2D eigenvalue weighted by atomic mass is 9.95. The number of carbonyl (C=O) groups excluding carboxylic acids is 1. The van der Waals surface area contributed by atoms with Gasteiger partial charge in [-0.15, -0.1) is 0 Å². The van der Waals surface area contributed by atoms with E-state index in [1.807, 2.05) is 0 Å². The van der Waals surface area contributed by atoms with Crippen LogP contribution in [0, 0.1) is 21.4 Å². The van der Waals surface area contributed by atoms with Crippen LogP contribution in [0.15, 0.2) is 0 Å². The molecule has 0 aliphatic heterocycles. The molecule has 4 unspecified atom stereocenters. The minimum atomic E-state index is -0.997. The highest BCUT2D eigenvalue weighted by Crippen LogP contribution is 2.42. The molecule has 11 N–H and O–H groups in total. The number of anilines is 4. The smallest absolute Gasteiger partial charge is 0.139 e. The highest BCUT2D eigenvalue weighted by Gasteiger charge is 2.28. The van der Waals surface area contributed by atoms with Crippen molar-refractivity contribution in [2.75, 3.05) is 67.3 Å². The molecule has 0 heterocycles. The molecule has 44 heavy (non-hydrogen) atoms. The molecule has 0 aromatic heterocycles. The molecular formula is C26H34I6N4O8. The third-order valence-corrected chi connectivity index (χ3v) is 13.2. The lowest BCUT2D eigenvalue weighted by molar-refractivity contribution is -0.119. The first kappa shape index (κ1) is 41.6. The van der Waals surface area contributed by atoms with Crippen molar-refractivity contribution in [3.05, 3.63) is 32.5 Å². The number of halogens is 6. The molecule has 0 spiro atoms. The fraction of sp³-hybridized carbons (Fsp3) is 0.500. The number of ketones is 1. The van der Waals surface area contributed by atoms with Gasteiger partial charge in [0.25, 0.3) is 0 Å². The molecular weight excluding hydrogens is 1260 g/mol. The third kappa shape index (κ3) is 10.7. The molecule has 18 heteroatoms. The van der Waals surface area contributed by atoms with Crippen LogP contribution in [0.1, 0.15) is 24.0 Å². The normalized spacial score (nSPS) is 14.1. The monoisotopic (exact) mass is 1290 g/mol. The van der Waals surface area contributed by atoms with E-state index in [0.717, 1.165) is 14.3 Å². The van der Waals surface area contributed by atoms with Crippen molar-refractivity contribution in [2.45, 2.75) is 37.8 Å². The van der Waals surface area contributed by atoms with Gasteiger partial charge in [0.05, 0.1) is 80.5 Å². The second-order valence-electron chi connectivity index (χ2n) is 9.63. The molecule has 12 nitrogen and oxygen atoms in total. The van der Waals surface area contributed by atoms with Crippen molar-refractivity contribution < 1.29 is 40.5 Å². The van der Waals surface area contributed by atoms with Crippen LogP contribution in [0.4, 0.5) is 22.7 Å². The number of benzene rings is 2. The Morgan fingerprint density at radius 2 is 0.909 bits per heavy atom. The number of Topliss-reactive ketones (excluding diaryl/α,β-unsaturated/α-hetero) is 1. The highest BCUT2D eigenvalue weighted by atomic mass is 127. The fourth-order valence-corrected chi connectivity index (χ4v) is 12.9. The van der Waals surface area contributed by atoms with Crippen molar-refractivity contribution in [2.24, 2.45) is 0 Å². The van der Waals surface area contributed by atoms with Crippen molar-refractivity contribution >= 4 is 164 Å². The predicted molar refractivity (Wildman–Crippen MR) is 222 cm³/mol. The number of hydrogen-bond donors (Lipinski definition) is 11. The van der Waals surface area contributed by atoms with Gasteiger partial charge in [-0.25, -0.2) is 0 Å². The summed E-state index contributed by atoms with van der Waals surface area (Å²) in [5, 5.41) is 82.2. The summed E-state index contributed by atoms with van der Waals surface area (Å²) in [6.07, 6.45) is -2.83. The Labute approximate surface area is 337 Å². The minimum absolute atomic E-state index is 0.0668. The zero-order valence-electron chi connectivity index (χ0n) is 23.3. The molecule has 0 radical (unpaired) electrons. The maximum atomic E-state index is 12.4.